The zero-order valence-corrected chi connectivity index (χ0v) is 12.7. The zero-order valence-electron chi connectivity index (χ0n) is 12.7. The molecule has 3 heteroatoms. The molecule has 0 heterocycles. The highest BCUT2D eigenvalue weighted by molar-refractivity contribution is 5.32. The second-order valence-corrected chi connectivity index (χ2v) is 5.11. The Bertz CT molecular complexity index is 551. The molecule has 112 valence electrons. The molecule has 0 bridgehead atoms. The summed E-state index contributed by atoms with van der Waals surface area (Å²) in [6.07, 6.45) is 0.900. The Kier molecular flexibility index (Phi) is 5.64. The van der Waals surface area contributed by atoms with E-state index in [0.29, 0.717) is 19.1 Å². The maximum absolute atomic E-state index is 5.90. The maximum atomic E-state index is 5.90. The van der Waals surface area contributed by atoms with Gasteiger partial charge in [0.05, 0.1) is 13.7 Å². The molecule has 0 aliphatic carbocycles. The minimum absolute atomic E-state index is 0.305. The summed E-state index contributed by atoms with van der Waals surface area (Å²) in [5, 5.41) is 0. The first-order valence-electron chi connectivity index (χ1n) is 7.27. The van der Waals surface area contributed by atoms with E-state index in [1.54, 1.807) is 7.11 Å². The van der Waals surface area contributed by atoms with Crippen LogP contribution in [0.3, 0.4) is 0 Å². The Morgan fingerprint density at radius 3 is 2.38 bits per heavy atom. The molecule has 1 atom stereocenters. The van der Waals surface area contributed by atoms with Crippen LogP contribution in [-0.4, -0.2) is 20.3 Å². The molecule has 0 aliphatic heterocycles. The van der Waals surface area contributed by atoms with Gasteiger partial charge in [-0.1, -0.05) is 30.3 Å². The first-order valence-corrected chi connectivity index (χ1v) is 7.27. The van der Waals surface area contributed by atoms with Gasteiger partial charge in [0.1, 0.15) is 11.5 Å². The summed E-state index contributed by atoms with van der Waals surface area (Å²) >= 11 is 0. The lowest BCUT2D eigenvalue weighted by atomic mass is 9.96. The number of methoxy groups -OCH3 is 1. The Morgan fingerprint density at radius 1 is 1.05 bits per heavy atom. The van der Waals surface area contributed by atoms with Crippen molar-refractivity contribution >= 4 is 0 Å². The second-order valence-electron chi connectivity index (χ2n) is 5.11. The normalized spacial score (nSPS) is 12.0. The van der Waals surface area contributed by atoms with Gasteiger partial charge in [-0.05, 0) is 55.1 Å². The number of nitrogens with two attached hydrogens (primary N) is 1. The highest BCUT2D eigenvalue weighted by atomic mass is 16.5. The molecule has 0 saturated heterocycles. The number of benzene rings is 2. The van der Waals surface area contributed by atoms with Crippen LogP contribution in [0.4, 0.5) is 0 Å². The fourth-order valence-corrected chi connectivity index (χ4v) is 2.33. The lowest BCUT2D eigenvalue weighted by molar-refractivity contribution is 0.296. The van der Waals surface area contributed by atoms with Crippen LogP contribution in [-0.2, 0) is 0 Å². The van der Waals surface area contributed by atoms with Crippen molar-refractivity contribution in [3.05, 3.63) is 59.7 Å². The van der Waals surface area contributed by atoms with Gasteiger partial charge in [0.15, 0.2) is 0 Å². The van der Waals surface area contributed by atoms with Crippen LogP contribution in [0.15, 0.2) is 48.5 Å². The third-order valence-corrected chi connectivity index (χ3v) is 3.69. The molecule has 3 nitrogen and oxygen atoms in total. The SMILES string of the molecule is COc1ccc(C(CN)CCOc2ccccc2C)cc1. The van der Waals surface area contributed by atoms with Gasteiger partial charge < -0.3 is 15.2 Å². The molecule has 0 spiro atoms. The summed E-state index contributed by atoms with van der Waals surface area (Å²) in [7, 11) is 1.67. The molecule has 2 rings (SSSR count). The first kappa shape index (κ1) is 15.4. The Morgan fingerprint density at radius 2 is 1.76 bits per heavy atom. The van der Waals surface area contributed by atoms with Gasteiger partial charge in [0.25, 0.3) is 0 Å². The van der Waals surface area contributed by atoms with Crippen molar-refractivity contribution in [1.82, 2.24) is 0 Å². The summed E-state index contributed by atoms with van der Waals surface area (Å²) in [4.78, 5) is 0. The summed E-state index contributed by atoms with van der Waals surface area (Å²) < 4.78 is 11.0. The van der Waals surface area contributed by atoms with E-state index in [9.17, 15) is 0 Å². The van der Waals surface area contributed by atoms with Crippen LogP contribution in [0.2, 0.25) is 0 Å². The number of para-hydroxylation sites is 1. The van der Waals surface area contributed by atoms with Crippen molar-refractivity contribution in [3.8, 4) is 11.5 Å². The highest BCUT2D eigenvalue weighted by Gasteiger charge is 2.10. The maximum Gasteiger partial charge on any atom is 0.122 e. The largest absolute Gasteiger partial charge is 0.497 e. The molecule has 2 aromatic rings. The van der Waals surface area contributed by atoms with E-state index in [4.69, 9.17) is 15.2 Å². The third kappa shape index (κ3) is 4.23. The molecule has 0 fully saturated rings. The minimum atomic E-state index is 0.305. The Labute approximate surface area is 126 Å². The second kappa shape index (κ2) is 7.70. The average Bonchev–Trinajstić information content (AvgIpc) is 2.53. The van der Waals surface area contributed by atoms with Crippen molar-refractivity contribution < 1.29 is 9.47 Å². The predicted octanol–water partition coefficient (Wildman–Crippen LogP) is 3.52. The van der Waals surface area contributed by atoms with Gasteiger partial charge in [-0.15, -0.1) is 0 Å². The van der Waals surface area contributed by atoms with Gasteiger partial charge in [0.2, 0.25) is 0 Å². The fourth-order valence-electron chi connectivity index (χ4n) is 2.33. The van der Waals surface area contributed by atoms with Crippen LogP contribution in [0, 0.1) is 6.92 Å². The van der Waals surface area contributed by atoms with E-state index < -0.39 is 0 Å². The number of hydrogen-bond donors (Lipinski definition) is 1. The van der Waals surface area contributed by atoms with E-state index in [-0.39, 0.29) is 0 Å². The van der Waals surface area contributed by atoms with Crippen molar-refractivity contribution in [1.29, 1.82) is 0 Å². The molecule has 2 aromatic carbocycles. The number of hydrogen-bond acceptors (Lipinski definition) is 3. The lowest BCUT2D eigenvalue weighted by Crippen LogP contribution is -2.15. The summed E-state index contributed by atoms with van der Waals surface area (Å²) in [5.74, 6) is 2.12. The van der Waals surface area contributed by atoms with Crippen LogP contribution in [0.1, 0.15) is 23.5 Å². The van der Waals surface area contributed by atoms with Gasteiger partial charge in [-0.2, -0.15) is 0 Å². The van der Waals surface area contributed by atoms with Crippen LogP contribution >= 0.6 is 0 Å². The van der Waals surface area contributed by atoms with Crippen molar-refractivity contribution in [2.45, 2.75) is 19.3 Å². The summed E-state index contributed by atoms with van der Waals surface area (Å²) in [6, 6.07) is 16.2. The quantitative estimate of drug-likeness (QED) is 0.846. The van der Waals surface area contributed by atoms with E-state index in [1.165, 1.54) is 5.56 Å². The Hall–Kier alpha value is -2.00. The summed E-state index contributed by atoms with van der Waals surface area (Å²) in [5.41, 5.74) is 8.28. The van der Waals surface area contributed by atoms with E-state index in [2.05, 4.69) is 25.1 Å². The van der Waals surface area contributed by atoms with E-state index in [1.807, 2.05) is 30.3 Å². The van der Waals surface area contributed by atoms with Crippen molar-refractivity contribution in [2.75, 3.05) is 20.3 Å². The predicted molar refractivity (Wildman–Crippen MR) is 86.1 cm³/mol. The minimum Gasteiger partial charge on any atom is -0.497 e. The van der Waals surface area contributed by atoms with Crippen LogP contribution in [0.5, 0.6) is 11.5 Å². The highest BCUT2D eigenvalue weighted by Crippen LogP contribution is 2.23. The van der Waals surface area contributed by atoms with E-state index >= 15 is 0 Å². The van der Waals surface area contributed by atoms with Crippen molar-refractivity contribution in [2.24, 2.45) is 5.73 Å². The molecular formula is C18H23NO2. The average molecular weight is 285 g/mol. The van der Waals surface area contributed by atoms with Gasteiger partial charge in [0, 0.05) is 0 Å². The number of ether oxygens (including phenoxy) is 2. The standard InChI is InChI=1S/C18H23NO2/c1-14-5-3-4-6-18(14)21-12-11-16(13-19)15-7-9-17(20-2)10-8-15/h3-10,16H,11-13,19H2,1-2H3. The smallest absolute Gasteiger partial charge is 0.122 e. The molecular weight excluding hydrogens is 262 g/mol. The number of aryl methyl sites for hydroxylation is 1. The number of rotatable bonds is 7. The zero-order chi connectivity index (χ0) is 15.1. The topological polar surface area (TPSA) is 44.5 Å². The lowest BCUT2D eigenvalue weighted by Gasteiger charge is -2.16. The molecule has 0 amide bonds. The monoisotopic (exact) mass is 285 g/mol. The molecule has 0 radical (unpaired) electrons. The van der Waals surface area contributed by atoms with Gasteiger partial charge in [-0.25, -0.2) is 0 Å². The first-order chi connectivity index (χ1) is 10.2. The molecule has 0 aromatic heterocycles. The fraction of sp³-hybridized carbons (Fsp3) is 0.333. The Balaban J connectivity index is 1.91. The molecule has 2 N–H and O–H groups in total. The van der Waals surface area contributed by atoms with E-state index in [0.717, 1.165) is 23.5 Å². The molecule has 21 heavy (non-hydrogen) atoms. The van der Waals surface area contributed by atoms with Crippen LogP contribution < -0.4 is 15.2 Å². The van der Waals surface area contributed by atoms with Gasteiger partial charge >= 0.3 is 0 Å². The molecule has 0 aliphatic rings. The van der Waals surface area contributed by atoms with Crippen molar-refractivity contribution in [3.63, 3.8) is 0 Å². The molecule has 0 saturated carbocycles. The molecule has 1 unspecified atom stereocenters. The summed E-state index contributed by atoms with van der Waals surface area (Å²) in [6.45, 7) is 3.33. The third-order valence-electron chi connectivity index (χ3n) is 3.69. The van der Waals surface area contributed by atoms with Gasteiger partial charge in [-0.3, -0.25) is 0 Å². The van der Waals surface area contributed by atoms with Crippen LogP contribution in [0.25, 0.3) is 0 Å².